The molecule has 2 fully saturated rings. The first-order valence-electron chi connectivity index (χ1n) is 7.71. The van der Waals surface area contributed by atoms with E-state index in [9.17, 15) is 4.79 Å². The fourth-order valence-corrected chi connectivity index (χ4v) is 3.29. The van der Waals surface area contributed by atoms with Crippen molar-refractivity contribution in [1.29, 1.82) is 0 Å². The number of hydrogen-bond donors (Lipinski definition) is 0. The van der Waals surface area contributed by atoms with Gasteiger partial charge in [-0.2, -0.15) is 0 Å². The Kier molecular flexibility index (Phi) is 5.04. The highest BCUT2D eigenvalue weighted by Gasteiger charge is 2.28. The van der Waals surface area contributed by atoms with Crippen LogP contribution >= 0.6 is 0 Å². The van der Waals surface area contributed by atoms with E-state index in [0.717, 1.165) is 32.1 Å². The summed E-state index contributed by atoms with van der Waals surface area (Å²) < 4.78 is 0. The lowest BCUT2D eigenvalue weighted by atomic mass is 9.98. The Morgan fingerprint density at radius 1 is 1.06 bits per heavy atom. The normalized spacial score (nSPS) is 28.8. The minimum atomic E-state index is 0.0887. The van der Waals surface area contributed by atoms with Crippen molar-refractivity contribution in [3.63, 3.8) is 0 Å². The molecule has 3 heteroatoms. The Morgan fingerprint density at radius 2 is 1.72 bits per heavy atom. The van der Waals surface area contributed by atoms with E-state index in [0.29, 0.717) is 5.91 Å². The molecule has 0 aliphatic carbocycles. The average molecular weight is 252 g/mol. The third kappa shape index (κ3) is 3.47. The third-order valence-corrected chi connectivity index (χ3v) is 4.51. The molecule has 2 heterocycles. The molecule has 1 amide bonds. The van der Waals surface area contributed by atoms with Gasteiger partial charge in [0, 0.05) is 19.6 Å². The molecular formula is C15H28N2O. The number of likely N-dealkylation sites (tertiary alicyclic amines) is 2. The van der Waals surface area contributed by atoms with Crippen molar-refractivity contribution in [2.24, 2.45) is 5.92 Å². The molecule has 0 bridgehead atoms. The van der Waals surface area contributed by atoms with Gasteiger partial charge in [-0.25, -0.2) is 0 Å². The standard InChI is InChI=1S/C15H28N2O/c1-13-8-7-11-17(12-13)14(2)15(18)16-9-5-3-4-6-10-16/h13-14H,3-12H2,1-2H3. The minimum Gasteiger partial charge on any atom is -0.341 e. The summed E-state index contributed by atoms with van der Waals surface area (Å²) in [6.45, 7) is 8.56. The van der Waals surface area contributed by atoms with Crippen molar-refractivity contribution in [2.75, 3.05) is 26.2 Å². The Hall–Kier alpha value is -0.570. The Morgan fingerprint density at radius 3 is 2.33 bits per heavy atom. The van der Waals surface area contributed by atoms with Gasteiger partial charge in [0.2, 0.25) is 5.91 Å². The number of piperidine rings is 1. The van der Waals surface area contributed by atoms with Crippen LogP contribution in [0.3, 0.4) is 0 Å². The summed E-state index contributed by atoms with van der Waals surface area (Å²) in [6.07, 6.45) is 7.53. The van der Waals surface area contributed by atoms with Crippen LogP contribution in [0.4, 0.5) is 0 Å². The van der Waals surface area contributed by atoms with Crippen LogP contribution < -0.4 is 0 Å². The quantitative estimate of drug-likeness (QED) is 0.754. The largest absolute Gasteiger partial charge is 0.341 e. The summed E-state index contributed by atoms with van der Waals surface area (Å²) in [5, 5.41) is 0. The maximum atomic E-state index is 12.5. The van der Waals surface area contributed by atoms with Gasteiger partial charge in [0.1, 0.15) is 0 Å². The van der Waals surface area contributed by atoms with Gasteiger partial charge in [0.25, 0.3) is 0 Å². The van der Waals surface area contributed by atoms with E-state index >= 15 is 0 Å². The molecule has 0 saturated carbocycles. The molecule has 0 spiro atoms. The van der Waals surface area contributed by atoms with Gasteiger partial charge < -0.3 is 4.90 Å². The lowest BCUT2D eigenvalue weighted by Gasteiger charge is -2.37. The van der Waals surface area contributed by atoms with Crippen LogP contribution in [0.2, 0.25) is 0 Å². The van der Waals surface area contributed by atoms with Crippen molar-refractivity contribution in [1.82, 2.24) is 9.80 Å². The minimum absolute atomic E-state index is 0.0887. The Labute approximate surface area is 112 Å². The second kappa shape index (κ2) is 6.55. The van der Waals surface area contributed by atoms with E-state index in [1.807, 2.05) is 0 Å². The van der Waals surface area contributed by atoms with Crippen LogP contribution in [-0.2, 0) is 4.79 Å². The molecule has 104 valence electrons. The zero-order valence-corrected chi connectivity index (χ0v) is 12.0. The van der Waals surface area contributed by atoms with Crippen molar-refractivity contribution >= 4 is 5.91 Å². The molecule has 0 aromatic heterocycles. The van der Waals surface area contributed by atoms with E-state index in [-0.39, 0.29) is 6.04 Å². The van der Waals surface area contributed by atoms with Crippen molar-refractivity contribution in [3.8, 4) is 0 Å². The molecule has 0 radical (unpaired) electrons. The number of carbonyl (C=O) groups excluding carboxylic acids is 1. The highest BCUT2D eigenvalue weighted by atomic mass is 16.2. The van der Waals surface area contributed by atoms with Crippen molar-refractivity contribution < 1.29 is 4.79 Å². The molecule has 0 aromatic rings. The molecule has 2 atom stereocenters. The highest BCUT2D eigenvalue weighted by molar-refractivity contribution is 5.81. The lowest BCUT2D eigenvalue weighted by molar-refractivity contribution is -0.137. The molecule has 2 aliphatic heterocycles. The molecule has 2 rings (SSSR count). The van der Waals surface area contributed by atoms with Gasteiger partial charge in [-0.1, -0.05) is 19.8 Å². The second-order valence-electron chi connectivity index (χ2n) is 6.16. The summed E-state index contributed by atoms with van der Waals surface area (Å²) in [4.78, 5) is 17.0. The predicted molar refractivity (Wildman–Crippen MR) is 74.5 cm³/mol. The second-order valence-corrected chi connectivity index (χ2v) is 6.16. The van der Waals surface area contributed by atoms with Gasteiger partial charge in [-0.05, 0) is 45.1 Å². The first-order valence-corrected chi connectivity index (χ1v) is 7.71. The fourth-order valence-electron chi connectivity index (χ4n) is 3.29. The SMILES string of the molecule is CC1CCCN(C(C)C(=O)N2CCCCCC2)C1. The molecule has 0 aromatic carbocycles. The summed E-state index contributed by atoms with van der Waals surface area (Å²) in [6, 6.07) is 0.0887. The zero-order valence-electron chi connectivity index (χ0n) is 12.0. The Bertz CT molecular complexity index is 272. The molecular weight excluding hydrogens is 224 g/mol. The molecule has 2 aliphatic rings. The number of hydrogen-bond acceptors (Lipinski definition) is 2. The summed E-state index contributed by atoms with van der Waals surface area (Å²) in [5.74, 6) is 1.11. The molecule has 3 nitrogen and oxygen atoms in total. The first-order chi connectivity index (χ1) is 8.68. The molecule has 2 unspecified atom stereocenters. The van der Waals surface area contributed by atoms with Crippen molar-refractivity contribution in [3.05, 3.63) is 0 Å². The van der Waals surface area contributed by atoms with Gasteiger partial charge in [0.15, 0.2) is 0 Å². The molecule has 0 N–H and O–H groups in total. The predicted octanol–water partition coefficient (Wildman–Crippen LogP) is 2.51. The van der Waals surface area contributed by atoms with Gasteiger partial charge in [-0.15, -0.1) is 0 Å². The summed E-state index contributed by atoms with van der Waals surface area (Å²) in [7, 11) is 0. The van der Waals surface area contributed by atoms with Crippen LogP contribution in [0.25, 0.3) is 0 Å². The smallest absolute Gasteiger partial charge is 0.239 e. The molecule has 2 saturated heterocycles. The maximum Gasteiger partial charge on any atom is 0.239 e. The first kappa shape index (κ1) is 13.9. The van der Waals surface area contributed by atoms with E-state index < -0.39 is 0 Å². The number of rotatable bonds is 2. The number of carbonyl (C=O) groups is 1. The highest BCUT2D eigenvalue weighted by Crippen LogP contribution is 2.19. The Balaban J connectivity index is 1.90. The topological polar surface area (TPSA) is 23.6 Å². The van der Waals surface area contributed by atoms with E-state index in [1.165, 1.54) is 38.5 Å². The van der Waals surface area contributed by atoms with Gasteiger partial charge >= 0.3 is 0 Å². The maximum absolute atomic E-state index is 12.5. The van der Waals surface area contributed by atoms with Gasteiger partial charge in [-0.3, -0.25) is 9.69 Å². The average Bonchev–Trinajstić information content (AvgIpc) is 2.66. The van der Waals surface area contributed by atoms with Crippen LogP contribution in [0.1, 0.15) is 52.4 Å². The van der Waals surface area contributed by atoms with E-state index in [1.54, 1.807) is 0 Å². The number of amides is 1. The van der Waals surface area contributed by atoms with E-state index in [4.69, 9.17) is 0 Å². The third-order valence-electron chi connectivity index (χ3n) is 4.51. The van der Waals surface area contributed by atoms with Crippen LogP contribution in [0, 0.1) is 5.92 Å². The van der Waals surface area contributed by atoms with Crippen LogP contribution in [-0.4, -0.2) is 47.9 Å². The van der Waals surface area contributed by atoms with Crippen molar-refractivity contribution in [2.45, 2.75) is 58.4 Å². The summed E-state index contributed by atoms with van der Waals surface area (Å²) in [5.41, 5.74) is 0. The fraction of sp³-hybridized carbons (Fsp3) is 0.933. The van der Waals surface area contributed by atoms with Gasteiger partial charge in [0.05, 0.1) is 6.04 Å². The molecule has 18 heavy (non-hydrogen) atoms. The van der Waals surface area contributed by atoms with E-state index in [2.05, 4.69) is 23.6 Å². The van der Waals surface area contributed by atoms with Crippen LogP contribution in [0.15, 0.2) is 0 Å². The summed E-state index contributed by atoms with van der Waals surface area (Å²) >= 11 is 0. The number of nitrogens with zero attached hydrogens (tertiary/aromatic N) is 2. The lowest BCUT2D eigenvalue weighted by Crippen LogP contribution is -2.50. The zero-order chi connectivity index (χ0) is 13.0. The monoisotopic (exact) mass is 252 g/mol. The van der Waals surface area contributed by atoms with Crippen LogP contribution in [0.5, 0.6) is 0 Å².